The van der Waals surface area contributed by atoms with Gasteiger partial charge < -0.3 is 9.84 Å². The van der Waals surface area contributed by atoms with Crippen molar-refractivity contribution in [1.29, 1.82) is 0 Å². The third-order valence-electron chi connectivity index (χ3n) is 3.54. The number of aliphatic hydroxyl groups is 1. The largest absolute Gasteiger partial charge is 0.497 e. The Morgan fingerprint density at radius 3 is 2.55 bits per heavy atom. The van der Waals surface area contributed by atoms with Crippen LogP contribution in [0.5, 0.6) is 5.75 Å². The SMILES string of the molecule is COc1ccc(CC(CO)CCc2cnn(C)c2)cc1. The van der Waals surface area contributed by atoms with Gasteiger partial charge in [-0.25, -0.2) is 0 Å². The molecule has 0 saturated carbocycles. The van der Waals surface area contributed by atoms with E-state index < -0.39 is 0 Å². The number of nitrogens with zero attached hydrogens (tertiary/aromatic N) is 2. The molecule has 0 radical (unpaired) electrons. The number of aryl methyl sites for hydroxylation is 2. The van der Waals surface area contributed by atoms with Crippen LogP contribution in [0.4, 0.5) is 0 Å². The minimum Gasteiger partial charge on any atom is -0.497 e. The summed E-state index contributed by atoms with van der Waals surface area (Å²) in [5.41, 5.74) is 2.46. The highest BCUT2D eigenvalue weighted by atomic mass is 16.5. The number of hydrogen-bond donors (Lipinski definition) is 1. The fourth-order valence-electron chi connectivity index (χ4n) is 2.32. The van der Waals surface area contributed by atoms with Gasteiger partial charge in [0.05, 0.1) is 13.3 Å². The van der Waals surface area contributed by atoms with Crippen LogP contribution in [0.15, 0.2) is 36.7 Å². The maximum Gasteiger partial charge on any atom is 0.118 e. The molecule has 4 nitrogen and oxygen atoms in total. The summed E-state index contributed by atoms with van der Waals surface area (Å²) < 4.78 is 6.96. The number of benzene rings is 1. The van der Waals surface area contributed by atoms with Gasteiger partial charge in [-0.3, -0.25) is 4.68 Å². The zero-order chi connectivity index (χ0) is 14.4. The molecule has 108 valence electrons. The van der Waals surface area contributed by atoms with Crippen molar-refractivity contribution in [3.8, 4) is 5.75 Å². The summed E-state index contributed by atoms with van der Waals surface area (Å²) in [5.74, 6) is 1.15. The molecule has 0 amide bonds. The quantitative estimate of drug-likeness (QED) is 0.842. The van der Waals surface area contributed by atoms with Gasteiger partial charge >= 0.3 is 0 Å². The molecule has 1 aromatic heterocycles. The molecule has 0 saturated heterocycles. The molecule has 0 fully saturated rings. The lowest BCUT2D eigenvalue weighted by Crippen LogP contribution is -2.10. The van der Waals surface area contributed by atoms with Crippen LogP contribution in [0.3, 0.4) is 0 Å². The van der Waals surface area contributed by atoms with E-state index in [1.165, 1.54) is 11.1 Å². The van der Waals surface area contributed by atoms with E-state index in [-0.39, 0.29) is 12.5 Å². The highest BCUT2D eigenvalue weighted by Gasteiger charge is 2.10. The Kier molecular flexibility index (Phi) is 5.18. The predicted molar refractivity (Wildman–Crippen MR) is 78.8 cm³/mol. The molecule has 1 atom stereocenters. The molecule has 1 heterocycles. The minimum absolute atomic E-state index is 0.215. The Labute approximate surface area is 120 Å². The lowest BCUT2D eigenvalue weighted by atomic mass is 9.94. The summed E-state index contributed by atoms with van der Waals surface area (Å²) in [5, 5.41) is 13.7. The maximum absolute atomic E-state index is 9.53. The van der Waals surface area contributed by atoms with Crippen LogP contribution in [-0.2, 0) is 19.9 Å². The van der Waals surface area contributed by atoms with Gasteiger partial charge in [0.1, 0.15) is 5.75 Å². The van der Waals surface area contributed by atoms with Crippen LogP contribution in [0.25, 0.3) is 0 Å². The molecule has 1 unspecified atom stereocenters. The lowest BCUT2D eigenvalue weighted by Gasteiger charge is -2.14. The van der Waals surface area contributed by atoms with E-state index >= 15 is 0 Å². The van der Waals surface area contributed by atoms with E-state index in [1.807, 2.05) is 36.3 Å². The molecular weight excluding hydrogens is 252 g/mol. The van der Waals surface area contributed by atoms with E-state index in [2.05, 4.69) is 17.2 Å². The summed E-state index contributed by atoms with van der Waals surface area (Å²) >= 11 is 0. The van der Waals surface area contributed by atoms with Crippen LogP contribution in [0.1, 0.15) is 17.5 Å². The maximum atomic E-state index is 9.53. The van der Waals surface area contributed by atoms with E-state index in [0.717, 1.165) is 25.0 Å². The molecule has 4 heteroatoms. The van der Waals surface area contributed by atoms with Gasteiger partial charge in [0.25, 0.3) is 0 Å². The molecule has 0 spiro atoms. The standard InChI is InChI=1S/C16H22N2O2/c1-18-11-15(10-17-18)4-3-14(12-19)9-13-5-7-16(20-2)8-6-13/h5-8,10-11,14,19H,3-4,9,12H2,1-2H3. The van der Waals surface area contributed by atoms with Gasteiger partial charge in [-0.1, -0.05) is 12.1 Å². The van der Waals surface area contributed by atoms with E-state index in [1.54, 1.807) is 7.11 Å². The first-order valence-electron chi connectivity index (χ1n) is 6.92. The van der Waals surface area contributed by atoms with Crippen LogP contribution >= 0.6 is 0 Å². The Bertz CT molecular complexity index is 520. The molecule has 0 bridgehead atoms. The monoisotopic (exact) mass is 274 g/mol. The Balaban J connectivity index is 1.87. The molecule has 20 heavy (non-hydrogen) atoms. The van der Waals surface area contributed by atoms with Crippen molar-refractivity contribution < 1.29 is 9.84 Å². The molecule has 1 N–H and O–H groups in total. The van der Waals surface area contributed by atoms with Gasteiger partial charge in [0.15, 0.2) is 0 Å². The minimum atomic E-state index is 0.215. The Hall–Kier alpha value is -1.81. The molecule has 1 aromatic carbocycles. The third-order valence-corrected chi connectivity index (χ3v) is 3.54. The van der Waals surface area contributed by atoms with E-state index in [0.29, 0.717) is 0 Å². The predicted octanol–water partition coefficient (Wildman–Crippen LogP) is 2.21. The van der Waals surface area contributed by atoms with Crippen molar-refractivity contribution in [3.05, 3.63) is 47.8 Å². The number of ether oxygens (including phenoxy) is 1. The van der Waals surface area contributed by atoms with Gasteiger partial charge in [-0.05, 0) is 48.4 Å². The number of hydrogen-bond acceptors (Lipinski definition) is 3. The highest BCUT2D eigenvalue weighted by Crippen LogP contribution is 2.18. The second-order valence-electron chi connectivity index (χ2n) is 5.16. The zero-order valence-corrected chi connectivity index (χ0v) is 12.1. The first-order valence-corrected chi connectivity index (χ1v) is 6.92. The second-order valence-corrected chi connectivity index (χ2v) is 5.16. The highest BCUT2D eigenvalue weighted by molar-refractivity contribution is 5.27. The molecule has 0 aliphatic heterocycles. The van der Waals surface area contributed by atoms with Crippen LogP contribution in [0.2, 0.25) is 0 Å². The summed E-state index contributed by atoms with van der Waals surface area (Å²) in [6.45, 7) is 0.215. The Morgan fingerprint density at radius 2 is 2.00 bits per heavy atom. The van der Waals surface area contributed by atoms with Gasteiger partial charge in [-0.2, -0.15) is 5.10 Å². The van der Waals surface area contributed by atoms with Gasteiger partial charge in [0.2, 0.25) is 0 Å². The van der Waals surface area contributed by atoms with Gasteiger partial charge in [0, 0.05) is 19.9 Å². The van der Waals surface area contributed by atoms with Crippen LogP contribution in [-0.4, -0.2) is 28.6 Å². The normalized spacial score (nSPS) is 12.3. The van der Waals surface area contributed by atoms with Crippen molar-refractivity contribution in [3.63, 3.8) is 0 Å². The zero-order valence-electron chi connectivity index (χ0n) is 12.1. The Morgan fingerprint density at radius 1 is 1.25 bits per heavy atom. The second kappa shape index (κ2) is 7.10. The first kappa shape index (κ1) is 14.6. The number of methoxy groups -OCH3 is 1. The number of aliphatic hydroxyl groups excluding tert-OH is 1. The van der Waals surface area contributed by atoms with E-state index in [4.69, 9.17) is 4.74 Å². The van der Waals surface area contributed by atoms with Crippen LogP contribution < -0.4 is 4.74 Å². The topological polar surface area (TPSA) is 47.3 Å². The number of aromatic nitrogens is 2. The van der Waals surface area contributed by atoms with Crippen molar-refractivity contribution >= 4 is 0 Å². The summed E-state index contributed by atoms with van der Waals surface area (Å²) in [6.07, 6.45) is 6.73. The number of rotatable bonds is 7. The van der Waals surface area contributed by atoms with Crippen molar-refractivity contribution in [2.45, 2.75) is 19.3 Å². The van der Waals surface area contributed by atoms with Crippen molar-refractivity contribution in [2.75, 3.05) is 13.7 Å². The average molecular weight is 274 g/mol. The summed E-state index contributed by atoms with van der Waals surface area (Å²) in [4.78, 5) is 0. The van der Waals surface area contributed by atoms with Crippen LogP contribution in [0, 0.1) is 5.92 Å². The molecule has 0 aliphatic rings. The average Bonchev–Trinajstić information content (AvgIpc) is 2.89. The lowest BCUT2D eigenvalue weighted by molar-refractivity contribution is 0.218. The molecule has 2 aromatic rings. The molecule has 2 rings (SSSR count). The molecular formula is C16H22N2O2. The fraction of sp³-hybridized carbons (Fsp3) is 0.438. The van der Waals surface area contributed by atoms with Gasteiger partial charge in [-0.15, -0.1) is 0 Å². The van der Waals surface area contributed by atoms with Crippen molar-refractivity contribution in [2.24, 2.45) is 13.0 Å². The third kappa shape index (κ3) is 4.10. The smallest absolute Gasteiger partial charge is 0.118 e. The fourth-order valence-corrected chi connectivity index (χ4v) is 2.32. The van der Waals surface area contributed by atoms with E-state index in [9.17, 15) is 5.11 Å². The summed E-state index contributed by atoms with van der Waals surface area (Å²) in [7, 11) is 3.59. The molecule has 0 aliphatic carbocycles. The van der Waals surface area contributed by atoms with Crippen molar-refractivity contribution in [1.82, 2.24) is 9.78 Å². The summed E-state index contributed by atoms with van der Waals surface area (Å²) in [6, 6.07) is 8.05. The first-order chi connectivity index (χ1) is 9.71.